The van der Waals surface area contributed by atoms with Gasteiger partial charge in [-0.2, -0.15) is 31.6 Å². The number of nitrogens with zero attached hydrogens (tertiary/aromatic N) is 3. The van der Waals surface area contributed by atoms with Gasteiger partial charge in [-0.1, -0.05) is 6.07 Å². The van der Waals surface area contributed by atoms with Crippen molar-refractivity contribution in [1.29, 1.82) is 5.26 Å². The molecule has 0 unspecified atom stereocenters. The smallest absolute Gasteiger partial charge is 0.309 e. The molecule has 0 aliphatic carbocycles. The molecule has 2 aromatic heterocycles. The van der Waals surface area contributed by atoms with E-state index in [0.717, 1.165) is 29.8 Å². The first-order valence-corrected chi connectivity index (χ1v) is 10.3. The molecule has 174 valence electrons. The molecule has 0 aliphatic heterocycles. The first-order valence-electron chi connectivity index (χ1n) is 10.3. The summed E-state index contributed by atoms with van der Waals surface area (Å²) in [6, 6.07) is 16.4. The van der Waals surface area contributed by atoms with Crippen molar-refractivity contribution in [2.24, 2.45) is 0 Å². The van der Waals surface area contributed by atoms with Crippen LogP contribution in [0.2, 0.25) is 0 Å². The lowest BCUT2D eigenvalue weighted by Gasteiger charge is -2.12. The van der Waals surface area contributed by atoms with E-state index in [1.165, 1.54) is 12.1 Å². The molecular formula is C26H13F6N3. The van der Waals surface area contributed by atoms with Crippen molar-refractivity contribution in [2.45, 2.75) is 12.4 Å². The molecule has 5 rings (SSSR count). The SMILES string of the molecule is N#Cc1cc(-n2c3ccc(C(F)(F)F)cc3c3cc(C(F)(F)F)ccc32)ccc1-c1ccncc1. The number of nitriles is 1. The minimum Gasteiger partial charge on any atom is -0.309 e. The average molecular weight is 481 g/mol. The zero-order valence-electron chi connectivity index (χ0n) is 17.6. The fraction of sp³-hybridized carbons (Fsp3) is 0.0769. The van der Waals surface area contributed by atoms with Gasteiger partial charge >= 0.3 is 12.4 Å². The molecule has 5 aromatic rings. The highest BCUT2D eigenvalue weighted by molar-refractivity contribution is 6.09. The quantitative estimate of drug-likeness (QED) is 0.242. The summed E-state index contributed by atoms with van der Waals surface area (Å²) in [5.41, 5.74) is 0.731. The Bertz CT molecular complexity index is 1550. The molecule has 9 heteroatoms. The van der Waals surface area contributed by atoms with Crippen molar-refractivity contribution in [3.63, 3.8) is 0 Å². The predicted octanol–water partition coefficient (Wildman–Crippen LogP) is 7.75. The molecule has 0 atom stereocenters. The Kier molecular flexibility index (Phi) is 5.06. The summed E-state index contributed by atoms with van der Waals surface area (Å²) in [6.45, 7) is 0. The van der Waals surface area contributed by atoms with Crippen LogP contribution in [0.3, 0.4) is 0 Å². The van der Waals surface area contributed by atoms with Crippen LogP contribution in [0.15, 0.2) is 79.1 Å². The molecule has 0 saturated carbocycles. The van der Waals surface area contributed by atoms with Gasteiger partial charge < -0.3 is 4.57 Å². The predicted molar refractivity (Wildman–Crippen MR) is 119 cm³/mol. The minimum absolute atomic E-state index is 0.0256. The van der Waals surface area contributed by atoms with Gasteiger partial charge in [0.2, 0.25) is 0 Å². The standard InChI is InChI=1S/C26H13F6N3/c27-25(28,29)17-1-5-23-21(12-17)22-13-18(26(30,31)32)2-6-24(22)35(23)19-3-4-20(16(11-19)14-33)15-7-9-34-10-8-15/h1-13H. The van der Waals surface area contributed by atoms with Crippen molar-refractivity contribution in [1.82, 2.24) is 9.55 Å². The number of hydrogen-bond acceptors (Lipinski definition) is 2. The molecule has 0 bridgehead atoms. The van der Waals surface area contributed by atoms with Crippen LogP contribution in [0.5, 0.6) is 0 Å². The van der Waals surface area contributed by atoms with E-state index in [2.05, 4.69) is 11.1 Å². The number of alkyl halides is 6. The maximum Gasteiger partial charge on any atom is 0.416 e. The van der Waals surface area contributed by atoms with Crippen molar-refractivity contribution in [2.75, 3.05) is 0 Å². The van der Waals surface area contributed by atoms with Crippen LogP contribution in [-0.4, -0.2) is 9.55 Å². The lowest BCUT2D eigenvalue weighted by atomic mass is 10.0. The van der Waals surface area contributed by atoms with E-state index in [0.29, 0.717) is 16.8 Å². The molecule has 0 amide bonds. The van der Waals surface area contributed by atoms with Gasteiger partial charge in [-0.25, -0.2) is 0 Å². The Hall–Kier alpha value is -4.32. The van der Waals surface area contributed by atoms with Crippen LogP contribution >= 0.6 is 0 Å². The summed E-state index contributed by atoms with van der Waals surface area (Å²) in [6.07, 6.45) is -6.17. The number of benzene rings is 3. The van der Waals surface area contributed by atoms with E-state index >= 15 is 0 Å². The summed E-state index contributed by atoms with van der Waals surface area (Å²) in [4.78, 5) is 3.95. The van der Waals surface area contributed by atoms with Gasteiger partial charge in [0.15, 0.2) is 0 Å². The highest BCUT2D eigenvalue weighted by Crippen LogP contribution is 2.40. The van der Waals surface area contributed by atoms with Crippen molar-refractivity contribution < 1.29 is 26.3 Å². The van der Waals surface area contributed by atoms with Crippen molar-refractivity contribution >= 4 is 21.8 Å². The first-order chi connectivity index (χ1) is 16.6. The molecule has 3 nitrogen and oxygen atoms in total. The average Bonchev–Trinajstić information content (AvgIpc) is 3.16. The number of pyridine rings is 1. The molecule has 0 N–H and O–H groups in total. The third-order valence-electron chi connectivity index (χ3n) is 5.79. The Balaban J connectivity index is 1.81. The molecule has 0 saturated heterocycles. The van der Waals surface area contributed by atoms with E-state index in [9.17, 15) is 31.6 Å². The second kappa shape index (κ2) is 7.87. The van der Waals surface area contributed by atoms with Crippen molar-refractivity contribution in [3.8, 4) is 22.9 Å². The van der Waals surface area contributed by atoms with E-state index in [1.54, 1.807) is 47.3 Å². The first kappa shape index (κ1) is 22.5. The number of hydrogen-bond donors (Lipinski definition) is 0. The molecule has 3 aromatic carbocycles. The highest BCUT2D eigenvalue weighted by atomic mass is 19.4. The summed E-state index contributed by atoms with van der Waals surface area (Å²) >= 11 is 0. The van der Waals surface area contributed by atoms with Gasteiger partial charge in [-0.3, -0.25) is 4.98 Å². The zero-order chi connectivity index (χ0) is 25.0. The van der Waals surface area contributed by atoms with Gasteiger partial charge in [-0.15, -0.1) is 0 Å². The minimum atomic E-state index is -4.66. The third kappa shape index (κ3) is 3.87. The largest absolute Gasteiger partial charge is 0.416 e. The zero-order valence-corrected chi connectivity index (χ0v) is 17.6. The number of fused-ring (bicyclic) bond motifs is 3. The molecule has 35 heavy (non-hydrogen) atoms. The summed E-state index contributed by atoms with van der Waals surface area (Å²) in [5, 5.41) is 9.81. The monoisotopic (exact) mass is 481 g/mol. The second-order valence-corrected chi connectivity index (χ2v) is 7.87. The van der Waals surface area contributed by atoms with Crippen LogP contribution in [0.1, 0.15) is 16.7 Å². The summed E-state index contributed by atoms with van der Waals surface area (Å²) in [7, 11) is 0. The molecule has 0 fully saturated rings. The van der Waals surface area contributed by atoms with E-state index < -0.39 is 23.5 Å². The fourth-order valence-electron chi connectivity index (χ4n) is 4.20. The summed E-state index contributed by atoms with van der Waals surface area (Å²) in [5.74, 6) is 0. The Labute approximate surface area is 194 Å². The normalized spacial score (nSPS) is 12.3. The highest BCUT2D eigenvalue weighted by Gasteiger charge is 2.33. The molecule has 0 aliphatic rings. The topological polar surface area (TPSA) is 41.6 Å². The Morgan fingerprint density at radius 1 is 0.686 bits per heavy atom. The molecule has 0 radical (unpaired) electrons. The van der Waals surface area contributed by atoms with E-state index in [-0.39, 0.29) is 21.8 Å². The van der Waals surface area contributed by atoms with E-state index in [4.69, 9.17) is 0 Å². The van der Waals surface area contributed by atoms with Crippen LogP contribution < -0.4 is 0 Å². The van der Waals surface area contributed by atoms with Crippen LogP contribution in [0, 0.1) is 11.3 Å². The van der Waals surface area contributed by atoms with E-state index in [1.807, 2.05) is 0 Å². The molecule has 0 spiro atoms. The number of halogens is 6. The van der Waals surface area contributed by atoms with Gasteiger partial charge in [0.1, 0.15) is 0 Å². The lowest BCUT2D eigenvalue weighted by Crippen LogP contribution is -2.04. The van der Waals surface area contributed by atoms with Crippen molar-refractivity contribution in [3.05, 3.63) is 95.8 Å². The molecule has 2 heterocycles. The molecular weight excluding hydrogens is 468 g/mol. The lowest BCUT2D eigenvalue weighted by molar-refractivity contribution is -0.138. The van der Waals surface area contributed by atoms with Crippen LogP contribution in [-0.2, 0) is 12.4 Å². The van der Waals surface area contributed by atoms with Gasteiger partial charge in [0, 0.05) is 28.9 Å². The van der Waals surface area contributed by atoms with Gasteiger partial charge in [0.25, 0.3) is 0 Å². The number of aromatic nitrogens is 2. The van der Waals surface area contributed by atoms with Gasteiger partial charge in [-0.05, 0) is 71.8 Å². The fourth-order valence-corrected chi connectivity index (χ4v) is 4.20. The maximum atomic E-state index is 13.4. The second-order valence-electron chi connectivity index (χ2n) is 7.87. The van der Waals surface area contributed by atoms with Crippen LogP contribution in [0.4, 0.5) is 26.3 Å². The van der Waals surface area contributed by atoms with Gasteiger partial charge in [0.05, 0.1) is 33.8 Å². The summed E-state index contributed by atoms with van der Waals surface area (Å²) < 4.78 is 81.9. The third-order valence-corrected chi connectivity index (χ3v) is 5.79. The van der Waals surface area contributed by atoms with Crippen LogP contribution in [0.25, 0.3) is 38.6 Å². The number of rotatable bonds is 2. The Morgan fingerprint density at radius 3 is 1.71 bits per heavy atom. The maximum absolute atomic E-state index is 13.4. The Morgan fingerprint density at radius 2 is 1.23 bits per heavy atom.